The fourth-order valence-corrected chi connectivity index (χ4v) is 3.96. The summed E-state index contributed by atoms with van der Waals surface area (Å²) in [6, 6.07) is 8.42. The summed E-state index contributed by atoms with van der Waals surface area (Å²) in [7, 11) is 2.07. The van der Waals surface area contributed by atoms with Crippen LogP contribution in [-0.2, 0) is 13.2 Å². The van der Waals surface area contributed by atoms with E-state index in [1.54, 1.807) is 11.3 Å². The monoisotopic (exact) mass is 359 g/mol. The topological polar surface area (TPSA) is 38.9 Å². The van der Waals surface area contributed by atoms with E-state index < -0.39 is 0 Å². The van der Waals surface area contributed by atoms with E-state index >= 15 is 0 Å². The first-order chi connectivity index (χ1) is 11.5. The van der Waals surface area contributed by atoms with Crippen LogP contribution in [0, 0.1) is 11.7 Å². The molecule has 0 radical (unpaired) electrons. The highest BCUT2D eigenvalue weighted by atomic mass is 32.1. The van der Waals surface area contributed by atoms with Crippen molar-refractivity contribution in [2.45, 2.75) is 33.1 Å². The standard InChI is InChI=1S/C17H21N5S2/c1-5-10-21-13(3)19-22(17(21)23)11-20(4)12(2)16-18-14-8-6-7-9-15(14)24-16/h5-9,12H,1,10-11H2,2-4H3/t12-/m1/s1. The molecule has 0 spiro atoms. The van der Waals surface area contributed by atoms with Crippen molar-refractivity contribution in [2.24, 2.45) is 0 Å². The zero-order valence-corrected chi connectivity index (χ0v) is 15.8. The number of aromatic nitrogens is 4. The van der Waals surface area contributed by atoms with Crippen LogP contribution in [0.25, 0.3) is 10.2 Å². The van der Waals surface area contributed by atoms with Gasteiger partial charge < -0.3 is 4.57 Å². The SMILES string of the molecule is C=CCn1c(C)nn(CN(C)[C@H](C)c2nc3ccccc3s2)c1=S. The molecular formula is C17H21N5S2. The Labute approximate surface area is 150 Å². The molecule has 0 amide bonds. The first kappa shape index (κ1) is 17.0. The molecule has 3 rings (SSSR count). The van der Waals surface area contributed by atoms with Gasteiger partial charge in [-0.05, 0) is 45.2 Å². The van der Waals surface area contributed by atoms with E-state index in [1.807, 2.05) is 34.4 Å². The Bertz CT molecular complexity index is 888. The van der Waals surface area contributed by atoms with Gasteiger partial charge in [0.05, 0.1) is 22.9 Å². The van der Waals surface area contributed by atoms with E-state index in [-0.39, 0.29) is 6.04 Å². The van der Waals surface area contributed by atoms with Gasteiger partial charge >= 0.3 is 0 Å². The molecule has 0 fully saturated rings. The predicted octanol–water partition coefficient (Wildman–Crippen LogP) is 4.17. The maximum atomic E-state index is 5.53. The zero-order valence-electron chi connectivity index (χ0n) is 14.1. The molecule has 7 heteroatoms. The molecule has 126 valence electrons. The summed E-state index contributed by atoms with van der Waals surface area (Å²) in [4.78, 5) is 6.96. The van der Waals surface area contributed by atoms with Gasteiger partial charge in [-0.1, -0.05) is 18.2 Å². The Morgan fingerprint density at radius 1 is 1.42 bits per heavy atom. The fraction of sp³-hybridized carbons (Fsp3) is 0.353. The largest absolute Gasteiger partial charge is 0.300 e. The number of fused-ring (bicyclic) bond motifs is 1. The minimum atomic E-state index is 0.189. The second-order valence-electron chi connectivity index (χ2n) is 5.82. The van der Waals surface area contributed by atoms with Gasteiger partial charge in [0.2, 0.25) is 0 Å². The molecule has 2 heterocycles. The lowest BCUT2D eigenvalue weighted by molar-refractivity contribution is 0.194. The van der Waals surface area contributed by atoms with Crippen LogP contribution in [0.2, 0.25) is 0 Å². The molecule has 0 aliphatic heterocycles. The number of benzene rings is 1. The lowest BCUT2D eigenvalue weighted by atomic mass is 10.3. The van der Waals surface area contributed by atoms with Crippen molar-refractivity contribution in [3.63, 3.8) is 0 Å². The summed E-state index contributed by atoms with van der Waals surface area (Å²) < 4.78 is 5.78. The molecule has 0 saturated carbocycles. The molecule has 24 heavy (non-hydrogen) atoms. The Kier molecular flexibility index (Phi) is 4.93. The molecule has 1 aromatic carbocycles. The van der Waals surface area contributed by atoms with E-state index in [0.29, 0.717) is 13.2 Å². The van der Waals surface area contributed by atoms with E-state index in [2.05, 4.69) is 42.7 Å². The van der Waals surface area contributed by atoms with Crippen molar-refractivity contribution >= 4 is 33.8 Å². The maximum absolute atomic E-state index is 5.53. The zero-order chi connectivity index (χ0) is 17.3. The Balaban J connectivity index is 1.81. The molecule has 2 aromatic heterocycles. The Morgan fingerprint density at radius 2 is 2.17 bits per heavy atom. The number of allylic oxidation sites excluding steroid dienone is 1. The second kappa shape index (κ2) is 6.96. The first-order valence-electron chi connectivity index (χ1n) is 7.82. The summed E-state index contributed by atoms with van der Waals surface area (Å²) in [5.41, 5.74) is 1.06. The Hall–Kier alpha value is -1.83. The minimum Gasteiger partial charge on any atom is -0.300 e. The van der Waals surface area contributed by atoms with Crippen LogP contribution in [-0.4, -0.2) is 31.3 Å². The summed E-state index contributed by atoms with van der Waals surface area (Å²) in [6.45, 7) is 9.21. The maximum Gasteiger partial charge on any atom is 0.199 e. The minimum absolute atomic E-state index is 0.189. The lowest BCUT2D eigenvalue weighted by Crippen LogP contribution is -2.26. The summed E-state index contributed by atoms with van der Waals surface area (Å²) in [6.07, 6.45) is 1.84. The van der Waals surface area contributed by atoms with Crippen LogP contribution < -0.4 is 0 Å². The number of para-hydroxylation sites is 1. The third-order valence-electron chi connectivity index (χ3n) is 4.11. The average Bonchev–Trinajstić information content (AvgIpc) is 3.11. The molecule has 0 unspecified atom stereocenters. The van der Waals surface area contributed by atoms with Gasteiger partial charge in [0.25, 0.3) is 0 Å². The van der Waals surface area contributed by atoms with Crippen LogP contribution in [0.5, 0.6) is 0 Å². The lowest BCUT2D eigenvalue weighted by Gasteiger charge is -2.22. The van der Waals surface area contributed by atoms with Gasteiger partial charge in [-0.3, -0.25) is 4.90 Å². The highest BCUT2D eigenvalue weighted by Gasteiger charge is 2.18. The van der Waals surface area contributed by atoms with Crippen molar-refractivity contribution in [2.75, 3.05) is 7.05 Å². The molecule has 3 aromatic rings. The molecule has 0 saturated heterocycles. The van der Waals surface area contributed by atoms with E-state index in [4.69, 9.17) is 17.2 Å². The third kappa shape index (κ3) is 3.19. The summed E-state index contributed by atoms with van der Waals surface area (Å²) in [5, 5.41) is 5.66. The summed E-state index contributed by atoms with van der Waals surface area (Å²) in [5.74, 6) is 0.904. The van der Waals surface area contributed by atoms with Crippen molar-refractivity contribution < 1.29 is 0 Å². The number of thiazole rings is 1. The molecule has 0 aliphatic carbocycles. The van der Waals surface area contributed by atoms with Crippen molar-refractivity contribution in [3.8, 4) is 0 Å². The van der Waals surface area contributed by atoms with Crippen molar-refractivity contribution in [3.05, 3.63) is 52.5 Å². The van der Waals surface area contributed by atoms with E-state index in [1.165, 1.54) is 4.70 Å². The van der Waals surface area contributed by atoms with Crippen LogP contribution in [0.15, 0.2) is 36.9 Å². The van der Waals surface area contributed by atoms with Gasteiger partial charge in [0.15, 0.2) is 4.77 Å². The molecule has 0 aliphatic rings. The number of hydrogen-bond donors (Lipinski definition) is 0. The summed E-state index contributed by atoms with van der Waals surface area (Å²) >= 11 is 7.27. The van der Waals surface area contributed by atoms with Crippen molar-refractivity contribution in [1.29, 1.82) is 0 Å². The number of hydrogen-bond acceptors (Lipinski definition) is 5. The van der Waals surface area contributed by atoms with Gasteiger partial charge in [-0.2, -0.15) is 5.10 Å². The smallest absolute Gasteiger partial charge is 0.199 e. The highest BCUT2D eigenvalue weighted by Crippen LogP contribution is 2.28. The van der Waals surface area contributed by atoms with E-state index in [9.17, 15) is 0 Å². The van der Waals surface area contributed by atoms with Crippen LogP contribution in [0.3, 0.4) is 0 Å². The predicted molar refractivity (Wildman–Crippen MR) is 102 cm³/mol. The van der Waals surface area contributed by atoms with Crippen molar-refractivity contribution in [1.82, 2.24) is 24.2 Å². The van der Waals surface area contributed by atoms with Crippen LogP contribution in [0.4, 0.5) is 0 Å². The molecule has 5 nitrogen and oxygen atoms in total. The normalized spacial score (nSPS) is 12.8. The third-order valence-corrected chi connectivity index (χ3v) is 5.74. The van der Waals surface area contributed by atoms with Gasteiger partial charge in [0, 0.05) is 6.54 Å². The van der Waals surface area contributed by atoms with Crippen LogP contribution >= 0.6 is 23.6 Å². The first-order valence-corrected chi connectivity index (χ1v) is 9.04. The molecular weight excluding hydrogens is 338 g/mol. The quantitative estimate of drug-likeness (QED) is 0.489. The fourth-order valence-electron chi connectivity index (χ4n) is 2.57. The molecule has 1 atom stereocenters. The van der Waals surface area contributed by atoms with Crippen LogP contribution in [0.1, 0.15) is 23.8 Å². The number of aryl methyl sites for hydroxylation is 1. The highest BCUT2D eigenvalue weighted by molar-refractivity contribution is 7.71. The van der Waals surface area contributed by atoms with Gasteiger partial charge in [0.1, 0.15) is 10.8 Å². The Morgan fingerprint density at radius 3 is 2.88 bits per heavy atom. The molecule has 0 bridgehead atoms. The average molecular weight is 360 g/mol. The molecule has 0 N–H and O–H groups in total. The second-order valence-corrected chi connectivity index (χ2v) is 7.25. The van der Waals surface area contributed by atoms with E-state index in [0.717, 1.165) is 21.1 Å². The van der Waals surface area contributed by atoms with Gasteiger partial charge in [-0.15, -0.1) is 17.9 Å². The van der Waals surface area contributed by atoms with Gasteiger partial charge in [-0.25, -0.2) is 9.67 Å². The number of rotatable bonds is 6. The number of nitrogens with zero attached hydrogens (tertiary/aromatic N) is 5.